The monoisotopic (exact) mass is 291 g/mol. The number of halogens is 2. The van der Waals surface area contributed by atoms with Crippen molar-refractivity contribution in [1.82, 2.24) is 0 Å². The fraction of sp³-hybridized carbons (Fsp3) is 0.188. The standard InChI is InChI=1S/C16H15ClFNO/c1-11-6-8-13(18)10-15(11)19-16(20)9-7-12-4-2-3-5-14(12)17/h2-6,8,10H,7,9H2,1H3,(H,19,20). The molecular formula is C16H15ClFNO. The summed E-state index contributed by atoms with van der Waals surface area (Å²) in [5.74, 6) is -0.518. The molecule has 0 saturated carbocycles. The van der Waals surface area contributed by atoms with Crippen LogP contribution in [0.15, 0.2) is 42.5 Å². The lowest BCUT2D eigenvalue weighted by molar-refractivity contribution is -0.116. The fourth-order valence-corrected chi connectivity index (χ4v) is 2.12. The van der Waals surface area contributed by atoms with E-state index in [2.05, 4.69) is 5.32 Å². The van der Waals surface area contributed by atoms with Crippen molar-refractivity contribution in [1.29, 1.82) is 0 Å². The molecule has 0 aliphatic heterocycles. The van der Waals surface area contributed by atoms with Crippen LogP contribution in [0.5, 0.6) is 0 Å². The molecule has 0 aliphatic carbocycles. The van der Waals surface area contributed by atoms with E-state index in [1.165, 1.54) is 12.1 Å². The van der Waals surface area contributed by atoms with Gasteiger partial charge in [-0.25, -0.2) is 4.39 Å². The van der Waals surface area contributed by atoms with Crippen LogP contribution in [0.1, 0.15) is 17.5 Å². The number of amides is 1. The summed E-state index contributed by atoms with van der Waals surface area (Å²) in [7, 11) is 0. The molecule has 2 nitrogen and oxygen atoms in total. The second-order valence-corrected chi connectivity index (χ2v) is 5.01. The highest BCUT2D eigenvalue weighted by molar-refractivity contribution is 6.31. The first-order valence-corrected chi connectivity index (χ1v) is 6.73. The molecule has 4 heteroatoms. The second kappa shape index (κ2) is 6.53. The van der Waals surface area contributed by atoms with Gasteiger partial charge in [-0.15, -0.1) is 0 Å². The van der Waals surface area contributed by atoms with E-state index >= 15 is 0 Å². The van der Waals surface area contributed by atoms with Gasteiger partial charge in [0.2, 0.25) is 5.91 Å². The Bertz CT molecular complexity index is 628. The maximum atomic E-state index is 13.1. The summed E-state index contributed by atoms with van der Waals surface area (Å²) in [6.07, 6.45) is 0.861. The number of rotatable bonds is 4. The Morgan fingerprint density at radius 3 is 2.75 bits per heavy atom. The third-order valence-corrected chi connectivity index (χ3v) is 3.42. The predicted molar refractivity (Wildman–Crippen MR) is 79.5 cm³/mol. The molecule has 2 aromatic carbocycles. The molecule has 0 fully saturated rings. The average Bonchev–Trinajstić information content (AvgIpc) is 2.42. The quantitative estimate of drug-likeness (QED) is 0.891. The van der Waals surface area contributed by atoms with Gasteiger partial charge >= 0.3 is 0 Å². The molecule has 1 amide bonds. The number of nitrogens with one attached hydrogen (secondary N) is 1. The minimum absolute atomic E-state index is 0.154. The zero-order valence-corrected chi connectivity index (χ0v) is 11.9. The molecule has 0 unspecified atom stereocenters. The Kier molecular flexibility index (Phi) is 4.74. The molecule has 0 heterocycles. The lowest BCUT2D eigenvalue weighted by Crippen LogP contribution is -2.13. The Hall–Kier alpha value is -1.87. The van der Waals surface area contributed by atoms with Gasteiger partial charge in [0, 0.05) is 17.1 Å². The third kappa shape index (κ3) is 3.81. The van der Waals surface area contributed by atoms with E-state index in [1.54, 1.807) is 12.1 Å². The molecule has 1 N–H and O–H groups in total. The van der Waals surface area contributed by atoms with Crippen LogP contribution in [0, 0.1) is 12.7 Å². The van der Waals surface area contributed by atoms with E-state index in [0.29, 0.717) is 23.6 Å². The van der Waals surface area contributed by atoms with Crippen molar-refractivity contribution in [3.63, 3.8) is 0 Å². The molecule has 0 saturated heterocycles. The maximum Gasteiger partial charge on any atom is 0.224 e. The number of carbonyl (C=O) groups excluding carboxylic acids is 1. The van der Waals surface area contributed by atoms with Crippen molar-refractivity contribution in [3.05, 3.63) is 64.4 Å². The van der Waals surface area contributed by atoms with E-state index in [4.69, 9.17) is 11.6 Å². The third-order valence-electron chi connectivity index (χ3n) is 3.05. The van der Waals surface area contributed by atoms with Gasteiger partial charge in [-0.1, -0.05) is 35.9 Å². The Balaban J connectivity index is 1.96. The summed E-state index contributed by atoms with van der Waals surface area (Å²) >= 11 is 6.03. The molecule has 104 valence electrons. The van der Waals surface area contributed by atoms with Gasteiger partial charge in [0.05, 0.1) is 0 Å². The van der Waals surface area contributed by atoms with Gasteiger partial charge < -0.3 is 5.32 Å². The van der Waals surface area contributed by atoms with Crippen LogP contribution in [0.25, 0.3) is 0 Å². The smallest absolute Gasteiger partial charge is 0.224 e. The molecule has 0 bridgehead atoms. The lowest BCUT2D eigenvalue weighted by Gasteiger charge is -2.09. The summed E-state index contributed by atoms with van der Waals surface area (Å²) < 4.78 is 13.1. The van der Waals surface area contributed by atoms with Crippen molar-refractivity contribution in [2.45, 2.75) is 19.8 Å². The molecule has 2 aromatic rings. The Morgan fingerprint density at radius 1 is 1.25 bits per heavy atom. The van der Waals surface area contributed by atoms with Crippen molar-refractivity contribution < 1.29 is 9.18 Å². The SMILES string of the molecule is Cc1ccc(F)cc1NC(=O)CCc1ccccc1Cl. The van der Waals surface area contributed by atoms with E-state index in [9.17, 15) is 9.18 Å². The minimum atomic E-state index is -0.364. The number of benzene rings is 2. The maximum absolute atomic E-state index is 13.1. The van der Waals surface area contributed by atoms with Crippen LogP contribution >= 0.6 is 11.6 Å². The van der Waals surface area contributed by atoms with Crippen LogP contribution < -0.4 is 5.32 Å². The number of hydrogen-bond acceptors (Lipinski definition) is 1. The molecule has 0 aromatic heterocycles. The highest BCUT2D eigenvalue weighted by atomic mass is 35.5. The summed E-state index contributed by atoms with van der Waals surface area (Å²) in [5, 5.41) is 3.37. The van der Waals surface area contributed by atoms with Gasteiger partial charge in [-0.05, 0) is 42.7 Å². The topological polar surface area (TPSA) is 29.1 Å². The molecule has 2 rings (SSSR count). The molecule has 0 aliphatic rings. The summed E-state index contributed by atoms with van der Waals surface area (Å²) in [4.78, 5) is 11.9. The Morgan fingerprint density at radius 2 is 2.00 bits per heavy atom. The first-order valence-electron chi connectivity index (χ1n) is 6.35. The first-order chi connectivity index (χ1) is 9.56. The van der Waals surface area contributed by atoms with E-state index in [-0.39, 0.29) is 11.7 Å². The highest BCUT2D eigenvalue weighted by Crippen LogP contribution is 2.18. The average molecular weight is 292 g/mol. The molecule has 0 atom stereocenters. The minimum Gasteiger partial charge on any atom is -0.326 e. The van der Waals surface area contributed by atoms with E-state index < -0.39 is 0 Å². The normalized spacial score (nSPS) is 10.3. The van der Waals surface area contributed by atoms with Crippen molar-refractivity contribution >= 4 is 23.2 Å². The van der Waals surface area contributed by atoms with Crippen LogP contribution in [0.4, 0.5) is 10.1 Å². The number of aryl methyl sites for hydroxylation is 2. The number of hydrogen-bond donors (Lipinski definition) is 1. The van der Waals surface area contributed by atoms with Gasteiger partial charge in [0.25, 0.3) is 0 Å². The van der Waals surface area contributed by atoms with E-state index in [0.717, 1.165) is 11.1 Å². The lowest BCUT2D eigenvalue weighted by atomic mass is 10.1. The summed E-state index contributed by atoms with van der Waals surface area (Å²) in [6, 6.07) is 11.8. The van der Waals surface area contributed by atoms with Crippen molar-refractivity contribution in [2.24, 2.45) is 0 Å². The number of anilines is 1. The molecular weight excluding hydrogens is 277 g/mol. The first kappa shape index (κ1) is 14.5. The van der Waals surface area contributed by atoms with Gasteiger partial charge in [0.15, 0.2) is 0 Å². The second-order valence-electron chi connectivity index (χ2n) is 4.60. The van der Waals surface area contributed by atoms with Crippen LogP contribution in [-0.4, -0.2) is 5.91 Å². The van der Waals surface area contributed by atoms with Crippen molar-refractivity contribution in [2.75, 3.05) is 5.32 Å². The highest BCUT2D eigenvalue weighted by Gasteiger charge is 2.07. The van der Waals surface area contributed by atoms with Crippen LogP contribution in [0.3, 0.4) is 0 Å². The summed E-state index contributed by atoms with van der Waals surface area (Å²) in [5.41, 5.74) is 2.27. The Labute approximate surface area is 122 Å². The number of carbonyl (C=O) groups is 1. The fourth-order valence-electron chi connectivity index (χ4n) is 1.89. The summed E-state index contributed by atoms with van der Waals surface area (Å²) in [6.45, 7) is 1.82. The van der Waals surface area contributed by atoms with Gasteiger partial charge in [-0.3, -0.25) is 4.79 Å². The molecule has 0 spiro atoms. The van der Waals surface area contributed by atoms with E-state index in [1.807, 2.05) is 25.1 Å². The zero-order valence-electron chi connectivity index (χ0n) is 11.1. The zero-order chi connectivity index (χ0) is 14.5. The van der Waals surface area contributed by atoms with Crippen LogP contribution in [-0.2, 0) is 11.2 Å². The van der Waals surface area contributed by atoms with Gasteiger partial charge in [-0.2, -0.15) is 0 Å². The predicted octanol–water partition coefficient (Wildman–Crippen LogP) is 4.36. The van der Waals surface area contributed by atoms with Crippen molar-refractivity contribution in [3.8, 4) is 0 Å². The van der Waals surface area contributed by atoms with Crippen LogP contribution in [0.2, 0.25) is 5.02 Å². The molecule has 20 heavy (non-hydrogen) atoms. The molecule has 0 radical (unpaired) electrons. The van der Waals surface area contributed by atoms with Gasteiger partial charge in [0.1, 0.15) is 5.82 Å². The largest absolute Gasteiger partial charge is 0.326 e.